The van der Waals surface area contributed by atoms with Crippen LogP contribution in [-0.4, -0.2) is 12.4 Å². The smallest absolute Gasteiger partial charge is 0.160 e. The quantitative estimate of drug-likeness (QED) is 0.688. The molecule has 0 aromatic heterocycles. The van der Waals surface area contributed by atoms with Crippen molar-refractivity contribution in [2.75, 3.05) is 6.61 Å². The lowest BCUT2D eigenvalue weighted by Gasteiger charge is -2.11. The fourth-order valence-corrected chi connectivity index (χ4v) is 1.49. The van der Waals surface area contributed by atoms with E-state index in [2.05, 4.69) is 0 Å². The van der Waals surface area contributed by atoms with Crippen molar-refractivity contribution in [3.8, 4) is 5.75 Å². The minimum absolute atomic E-state index is 0.105. The van der Waals surface area contributed by atoms with Crippen molar-refractivity contribution in [1.82, 2.24) is 0 Å². The van der Waals surface area contributed by atoms with Crippen LogP contribution in [0.1, 0.15) is 35.3 Å². The number of carbonyl (C=O) groups is 1. The van der Waals surface area contributed by atoms with Crippen molar-refractivity contribution in [2.24, 2.45) is 0 Å². The number of benzene rings is 1. The fraction of sp³-hybridized carbons (Fsp3) is 0.417. The van der Waals surface area contributed by atoms with Crippen molar-refractivity contribution in [3.63, 3.8) is 0 Å². The molecule has 0 saturated heterocycles. The van der Waals surface area contributed by atoms with Crippen molar-refractivity contribution in [1.29, 1.82) is 0 Å². The standard InChI is InChI=1S/C12H16O2/c1-5-14-12-7-6-11(10(4)13)8(2)9(12)3/h6-7H,5H2,1-4H3. The van der Waals surface area contributed by atoms with Crippen molar-refractivity contribution in [2.45, 2.75) is 27.7 Å². The lowest BCUT2D eigenvalue weighted by Crippen LogP contribution is -2.01. The van der Waals surface area contributed by atoms with Gasteiger partial charge in [-0.25, -0.2) is 0 Å². The molecule has 0 unspecified atom stereocenters. The predicted molar refractivity (Wildman–Crippen MR) is 57.1 cm³/mol. The topological polar surface area (TPSA) is 26.3 Å². The van der Waals surface area contributed by atoms with Crippen molar-refractivity contribution >= 4 is 5.78 Å². The Kier molecular flexibility index (Phi) is 3.28. The maximum absolute atomic E-state index is 11.2. The lowest BCUT2D eigenvalue weighted by molar-refractivity contribution is 0.101. The van der Waals surface area contributed by atoms with Crippen LogP contribution in [0.15, 0.2) is 12.1 Å². The number of Topliss-reactive ketones (excluding diaryl/α,β-unsaturated/α-hetero) is 1. The second kappa shape index (κ2) is 4.27. The molecular weight excluding hydrogens is 176 g/mol. The zero-order valence-electron chi connectivity index (χ0n) is 9.18. The first-order valence-electron chi connectivity index (χ1n) is 4.81. The van der Waals surface area contributed by atoms with Crippen LogP contribution >= 0.6 is 0 Å². The Hall–Kier alpha value is -1.31. The summed E-state index contributed by atoms with van der Waals surface area (Å²) in [6.45, 7) is 8.12. The van der Waals surface area contributed by atoms with Crippen LogP contribution in [-0.2, 0) is 0 Å². The van der Waals surface area contributed by atoms with E-state index in [4.69, 9.17) is 4.74 Å². The highest BCUT2D eigenvalue weighted by Crippen LogP contribution is 2.24. The molecule has 0 fully saturated rings. The summed E-state index contributed by atoms with van der Waals surface area (Å²) in [6, 6.07) is 3.69. The Morgan fingerprint density at radius 2 is 1.93 bits per heavy atom. The highest BCUT2D eigenvalue weighted by atomic mass is 16.5. The van der Waals surface area contributed by atoms with Gasteiger partial charge in [-0.1, -0.05) is 0 Å². The third-order valence-electron chi connectivity index (χ3n) is 2.42. The number of hydrogen-bond acceptors (Lipinski definition) is 2. The summed E-state index contributed by atoms with van der Waals surface area (Å²) < 4.78 is 5.44. The van der Waals surface area contributed by atoms with Crippen LogP contribution in [0.4, 0.5) is 0 Å². The Bertz CT molecular complexity index is 354. The molecule has 0 aliphatic carbocycles. The molecule has 0 amide bonds. The molecule has 0 aliphatic heterocycles. The molecule has 2 nitrogen and oxygen atoms in total. The third kappa shape index (κ3) is 1.95. The average molecular weight is 192 g/mol. The number of rotatable bonds is 3. The predicted octanol–water partition coefficient (Wildman–Crippen LogP) is 2.90. The Morgan fingerprint density at radius 1 is 1.29 bits per heavy atom. The number of ketones is 1. The first kappa shape index (κ1) is 10.8. The Morgan fingerprint density at radius 3 is 2.43 bits per heavy atom. The van der Waals surface area contributed by atoms with Crippen molar-refractivity contribution in [3.05, 3.63) is 28.8 Å². The maximum atomic E-state index is 11.2. The second-order valence-electron chi connectivity index (χ2n) is 3.35. The summed E-state index contributed by atoms with van der Waals surface area (Å²) in [5, 5.41) is 0. The summed E-state index contributed by atoms with van der Waals surface area (Å²) >= 11 is 0. The number of carbonyl (C=O) groups excluding carboxylic acids is 1. The molecule has 0 N–H and O–H groups in total. The van der Waals surface area contributed by atoms with Crippen LogP contribution in [0.5, 0.6) is 5.75 Å². The highest BCUT2D eigenvalue weighted by molar-refractivity contribution is 5.96. The molecule has 0 atom stereocenters. The monoisotopic (exact) mass is 192 g/mol. The SMILES string of the molecule is CCOc1ccc(C(C)=O)c(C)c1C. The summed E-state index contributed by atoms with van der Waals surface area (Å²) in [5.41, 5.74) is 2.86. The molecule has 14 heavy (non-hydrogen) atoms. The molecule has 1 aromatic rings. The number of hydrogen-bond donors (Lipinski definition) is 0. The summed E-state index contributed by atoms with van der Waals surface area (Å²) in [6.07, 6.45) is 0. The van der Waals surface area contributed by atoms with E-state index in [1.54, 1.807) is 6.92 Å². The minimum Gasteiger partial charge on any atom is -0.494 e. The van der Waals surface area contributed by atoms with Gasteiger partial charge in [-0.3, -0.25) is 4.79 Å². The summed E-state index contributed by atoms with van der Waals surface area (Å²) in [4.78, 5) is 11.2. The average Bonchev–Trinajstić information content (AvgIpc) is 2.13. The zero-order chi connectivity index (χ0) is 10.7. The Labute approximate surface area is 84.9 Å². The zero-order valence-corrected chi connectivity index (χ0v) is 9.18. The molecule has 0 aliphatic rings. The van der Waals surface area contributed by atoms with Gasteiger partial charge >= 0.3 is 0 Å². The first-order valence-corrected chi connectivity index (χ1v) is 4.81. The number of ether oxygens (including phenoxy) is 1. The highest BCUT2D eigenvalue weighted by Gasteiger charge is 2.09. The molecule has 0 bridgehead atoms. The van der Waals surface area contributed by atoms with E-state index >= 15 is 0 Å². The van der Waals surface area contributed by atoms with Gasteiger partial charge in [0, 0.05) is 5.56 Å². The second-order valence-corrected chi connectivity index (χ2v) is 3.35. The van der Waals surface area contributed by atoms with Gasteiger partial charge in [0.1, 0.15) is 5.75 Å². The molecule has 76 valence electrons. The van der Waals surface area contributed by atoms with Crippen LogP contribution < -0.4 is 4.74 Å². The lowest BCUT2D eigenvalue weighted by atomic mass is 10.00. The van der Waals surface area contributed by atoms with E-state index in [0.29, 0.717) is 6.61 Å². The van der Waals surface area contributed by atoms with Crippen LogP contribution in [0.2, 0.25) is 0 Å². The van der Waals surface area contributed by atoms with Crippen LogP contribution in [0, 0.1) is 13.8 Å². The normalized spacial score (nSPS) is 10.0. The minimum atomic E-state index is 0.105. The first-order chi connectivity index (χ1) is 6.57. The van der Waals surface area contributed by atoms with Gasteiger partial charge in [0.15, 0.2) is 5.78 Å². The van der Waals surface area contributed by atoms with Gasteiger partial charge in [0.05, 0.1) is 6.61 Å². The fourth-order valence-electron chi connectivity index (χ4n) is 1.49. The molecule has 0 spiro atoms. The van der Waals surface area contributed by atoms with E-state index in [1.165, 1.54) is 0 Å². The summed E-state index contributed by atoms with van der Waals surface area (Å²) in [5.74, 6) is 0.976. The van der Waals surface area contributed by atoms with Gasteiger partial charge in [-0.2, -0.15) is 0 Å². The molecule has 2 heteroatoms. The van der Waals surface area contributed by atoms with Gasteiger partial charge in [0.2, 0.25) is 0 Å². The third-order valence-corrected chi connectivity index (χ3v) is 2.42. The molecule has 1 aromatic carbocycles. The molecular formula is C12H16O2. The van der Waals surface area contributed by atoms with Gasteiger partial charge in [-0.05, 0) is 51.0 Å². The molecule has 1 rings (SSSR count). The van der Waals surface area contributed by atoms with E-state index in [-0.39, 0.29) is 5.78 Å². The van der Waals surface area contributed by atoms with Gasteiger partial charge < -0.3 is 4.74 Å². The van der Waals surface area contributed by atoms with Crippen LogP contribution in [0.3, 0.4) is 0 Å². The van der Waals surface area contributed by atoms with Gasteiger partial charge in [-0.15, -0.1) is 0 Å². The van der Waals surface area contributed by atoms with Crippen LogP contribution in [0.25, 0.3) is 0 Å². The van der Waals surface area contributed by atoms with Crippen molar-refractivity contribution < 1.29 is 9.53 Å². The van der Waals surface area contributed by atoms with E-state index < -0.39 is 0 Å². The molecule has 0 saturated carbocycles. The largest absolute Gasteiger partial charge is 0.494 e. The van der Waals surface area contributed by atoms with E-state index in [0.717, 1.165) is 22.4 Å². The van der Waals surface area contributed by atoms with E-state index in [1.807, 2.05) is 32.9 Å². The molecule has 0 heterocycles. The van der Waals surface area contributed by atoms with E-state index in [9.17, 15) is 4.79 Å². The maximum Gasteiger partial charge on any atom is 0.160 e. The van der Waals surface area contributed by atoms with Gasteiger partial charge in [0.25, 0.3) is 0 Å². The summed E-state index contributed by atoms with van der Waals surface area (Å²) in [7, 11) is 0. The molecule has 0 radical (unpaired) electrons. The Balaban J connectivity index is 3.19.